The van der Waals surface area contributed by atoms with Gasteiger partial charge in [0.15, 0.2) is 8.32 Å². The summed E-state index contributed by atoms with van der Waals surface area (Å²) in [5.74, 6) is 0.679. The molecule has 9 heteroatoms. The van der Waals surface area contributed by atoms with Gasteiger partial charge in [0.05, 0.1) is 78.4 Å². The van der Waals surface area contributed by atoms with E-state index in [1.807, 2.05) is 18.2 Å². The Morgan fingerprint density at radius 2 is 1.00 bits per heavy atom. The molecule has 0 bridgehead atoms. The number of ether oxygens (including phenoxy) is 6. The van der Waals surface area contributed by atoms with Crippen LogP contribution in [0.1, 0.15) is 0 Å². The molecule has 0 amide bonds. The third-order valence-electron chi connectivity index (χ3n) is 3.66. The van der Waals surface area contributed by atoms with E-state index >= 15 is 0 Å². The highest BCUT2D eigenvalue weighted by atomic mass is 28.4. The van der Waals surface area contributed by atoms with Gasteiger partial charge in [0.25, 0.3) is 0 Å². The first-order valence-electron chi connectivity index (χ1n) is 10.5. The highest BCUT2D eigenvalue weighted by Gasteiger charge is 2.12. The van der Waals surface area contributed by atoms with Crippen LogP contribution in [-0.4, -0.2) is 87.6 Å². The fourth-order valence-electron chi connectivity index (χ4n) is 2.21. The largest absolute Gasteiger partial charge is 0.489 e. The second-order valence-electron chi connectivity index (χ2n) is 7.41. The van der Waals surface area contributed by atoms with Gasteiger partial charge in [-0.3, -0.25) is 0 Å². The molecule has 0 atom stereocenters. The standard InChI is InChI=1S/C21H39NO7Si/c1-30(2,3)29-19-17-27-15-13-25-11-9-23-8-10-24-12-14-26-16-18-28-21-7-5-4-6-20(21)22/h4-7H,8-19,22H2,1-3H3. The fraction of sp³-hybridized carbons (Fsp3) is 0.714. The van der Waals surface area contributed by atoms with Crippen molar-refractivity contribution >= 4 is 14.0 Å². The van der Waals surface area contributed by atoms with Crippen molar-refractivity contribution in [3.05, 3.63) is 24.3 Å². The van der Waals surface area contributed by atoms with Crippen LogP contribution in [0.5, 0.6) is 5.75 Å². The topological polar surface area (TPSA) is 90.6 Å². The molecule has 1 aromatic carbocycles. The van der Waals surface area contributed by atoms with Gasteiger partial charge in [0.2, 0.25) is 0 Å². The van der Waals surface area contributed by atoms with Crippen molar-refractivity contribution in [2.75, 3.05) is 85.0 Å². The zero-order chi connectivity index (χ0) is 21.9. The summed E-state index contributed by atoms with van der Waals surface area (Å²) in [4.78, 5) is 0. The van der Waals surface area contributed by atoms with Gasteiger partial charge in [-0.2, -0.15) is 0 Å². The van der Waals surface area contributed by atoms with Crippen LogP contribution in [0.15, 0.2) is 24.3 Å². The molecule has 0 spiro atoms. The maximum atomic E-state index is 5.79. The van der Waals surface area contributed by atoms with Crippen LogP contribution < -0.4 is 10.5 Å². The van der Waals surface area contributed by atoms with Gasteiger partial charge in [-0.05, 0) is 31.8 Å². The van der Waals surface area contributed by atoms with Gasteiger partial charge in [-0.25, -0.2) is 0 Å². The minimum Gasteiger partial charge on any atom is -0.489 e. The zero-order valence-electron chi connectivity index (χ0n) is 18.7. The number of rotatable bonds is 20. The van der Waals surface area contributed by atoms with E-state index in [1.54, 1.807) is 6.07 Å². The van der Waals surface area contributed by atoms with Crippen molar-refractivity contribution in [1.82, 2.24) is 0 Å². The Labute approximate surface area is 182 Å². The lowest BCUT2D eigenvalue weighted by Gasteiger charge is -2.16. The highest BCUT2D eigenvalue weighted by Crippen LogP contribution is 2.19. The van der Waals surface area contributed by atoms with Crippen molar-refractivity contribution in [3.63, 3.8) is 0 Å². The average Bonchev–Trinajstić information content (AvgIpc) is 2.70. The molecule has 0 aliphatic heterocycles. The van der Waals surface area contributed by atoms with Crippen LogP contribution >= 0.6 is 0 Å². The van der Waals surface area contributed by atoms with Crippen molar-refractivity contribution < 1.29 is 32.8 Å². The predicted octanol–water partition coefficient (Wildman–Crippen LogP) is 2.58. The van der Waals surface area contributed by atoms with Gasteiger partial charge in [-0.15, -0.1) is 0 Å². The zero-order valence-corrected chi connectivity index (χ0v) is 19.7. The summed E-state index contributed by atoms with van der Waals surface area (Å²) in [5, 5.41) is 0. The smallest absolute Gasteiger partial charge is 0.183 e. The van der Waals surface area contributed by atoms with E-state index in [0.29, 0.717) is 90.7 Å². The van der Waals surface area contributed by atoms with E-state index in [2.05, 4.69) is 19.6 Å². The van der Waals surface area contributed by atoms with Gasteiger partial charge in [0.1, 0.15) is 12.4 Å². The van der Waals surface area contributed by atoms with Gasteiger partial charge in [-0.1, -0.05) is 12.1 Å². The lowest BCUT2D eigenvalue weighted by molar-refractivity contribution is -0.0143. The van der Waals surface area contributed by atoms with Crippen LogP contribution in [0, 0.1) is 0 Å². The molecule has 0 saturated heterocycles. The van der Waals surface area contributed by atoms with Gasteiger partial charge in [0, 0.05) is 0 Å². The monoisotopic (exact) mass is 445 g/mol. The van der Waals surface area contributed by atoms with Crippen molar-refractivity contribution in [1.29, 1.82) is 0 Å². The Bertz CT molecular complexity index is 528. The quantitative estimate of drug-likeness (QED) is 0.186. The lowest BCUT2D eigenvalue weighted by Crippen LogP contribution is -2.27. The molecule has 1 aromatic rings. The van der Waals surface area contributed by atoms with Crippen molar-refractivity contribution in [2.24, 2.45) is 0 Å². The SMILES string of the molecule is C[Si](C)(C)OCCOCCOCCOCCOCCOCCOc1ccccc1N. The number of nitrogen functional groups attached to an aromatic ring is 1. The summed E-state index contributed by atoms with van der Waals surface area (Å²) >= 11 is 0. The third kappa shape index (κ3) is 16.6. The van der Waals surface area contributed by atoms with E-state index in [9.17, 15) is 0 Å². The van der Waals surface area contributed by atoms with Crippen LogP contribution in [0.3, 0.4) is 0 Å². The van der Waals surface area contributed by atoms with Gasteiger partial charge >= 0.3 is 0 Å². The Balaban J connectivity index is 1.72. The summed E-state index contributed by atoms with van der Waals surface area (Å²) in [7, 11) is -1.44. The normalized spacial score (nSPS) is 11.7. The fourth-order valence-corrected chi connectivity index (χ4v) is 2.91. The molecule has 0 fully saturated rings. The molecule has 30 heavy (non-hydrogen) atoms. The second-order valence-corrected chi connectivity index (χ2v) is 11.9. The average molecular weight is 446 g/mol. The number of anilines is 1. The van der Waals surface area contributed by atoms with Crippen LogP contribution in [0.4, 0.5) is 5.69 Å². The van der Waals surface area contributed by atoms with Crippen molar-refractivity contribution in [3.8, 4) is 5.75 Å². The van der Waals surface area contributed by atoms with Crippen molar-refractivity contribution in [2.45, 2.75) is 19.6 Å². The minimum atomic E-state index is -1.44. The highest BCUT2D eigenvalue weighted by molar-refractivity contribution is 6.69. The molecular weight excluding hydrogens is 406 g/mol. The van der Waals surface area contributed by atoms with E-state index in [-0.39, 0.29) is 0 Å². The van der Waals surface area contributed by atoms with E-state index in [0.717, 1.165) is 0 Å². The Hall–Kier alpha value is -1.20. The van der Waals surface area contributed by atoms with E-state index < -0.39 is 8.32 Å². The molecule has 2 N–H and O–H groups in total. The molecule has 1 rings (SSSR count). The Morgan fingerprint density at radius 1 is 0.600 bits per heavy atom. The first-order valence-corrected chi connectivity index (χ1v) is 13.9. The predicted molar refractivity (Wildman–Crippen MR) is 120 cm³/mol. The van der Waals surface area contributed by atoms with Crippen LogP contribution in [-0.2, 0) is 28.1 Å². The number of benzene rings is 1. The number of hydrogen-bond donors (Lipinski definition) is 1. The maximum Gasteiger partial charge on any atom is 0.183 e. The van der Waals surface area contributed by atoms with Gasteiger partial charge < -0.3 is 38.6 Å². The molecule has 0 aromatic heterocycles. The summed E-state index contributed by atoms with van der Waals surface area (Å²) in [6, 6.07) is 7.40. The first-order chi connectivity index (χ1) is 14.5. The minimum absolute atomic E-state index is 0.453. The molecule has 0 saturated carbocycles. The number of hydrogen-bond acceptors (Lipinski definition) is 8. The summed E-state index contributed by atoms with van der Waals surface area (Å²) in [5.41, 5.74) is 6.42. The molecule has 0 aliphatic rings. The molecule has 174 valence electrons. The summed E-state index contributed by atoms with van der Waals surface area (Å²) in [6.45, 7) is 13.0. The Morgan fingerprint density at radius 3 is 1.43 bits per heavy atom. The number of nitrogens with two attached hydrogens (primary N) is 1. The maximum absolute atomic E-state index is 5.79. The van der Waals surface area contributed by atoms with Crippen LogP contribution in [0.2, 0.25) is 19.6 Å². The summed E-state index contributed by atoms with van der Waals surface area (Å²) < 4.78 is 38.5. The molecular formula is C21H39NO7Si. The molecule has 0 radical (unpaired) electrons. The second kappa shape index (κ2) is 17.5. The molecule has 0 heterocycles. The van der Waals surface area contributed by atoms with E-state index in [4.69, 9.17) is 38.6 Å². The molecule has 0 unspecified atom stereocenters. The third-order valence-corrected chi connectivity index (χ3v) is 4.73. The molecule has 0 aliphatic carbocycles. The first kappa shape index (κ1) is 26.8. The van der Waals surface area contributed by atoms with E-state index in [1.165, 1.54) is 0 Å². The number of para-hydroxylation sites is 2. The lowest BCUT2D eigenvalue weighted by atomic mass is 10.3. The summed E-state index contributed by atoms with van der Waals surface area (Å²) in [6.07, 6.45) is 0. The Kier molecular flexibility index (Phi) is 15.6. The molecule has 8 nitrogen and oxygen atoms in total. The van der Waals surface area contributed by atoms with Crippen LogP contribution in [0.25, 0.3) is 0 Å².